The highest BCUT2D eigenvalue weighted by atomic mass is 19.4. The summed E-state index contributed by atoms with van der Waals surface area (Å²) in [6, 6.07) is 3.38. The Kier molecular flexibility index (Phi) is 3.32. The van der Waals surface area contributed by atoms with Crippen LogP contribution in [-0.4, -0.2) is 29.1 Å². The molecule has 1 atom stereocenters. The molecule has 0 radical (unpaired) electrons. The molecular formula is C13H11F3N2O3. The summed E-state index contributed by atoms with van der Waals surface area (Å²) in [5.74, 6) is -0.436. The number of rotatable bonds is 2. The third-order valence-electron chi connectivity index (χ3n) is 3.29. The Balaban J connectivity index is 2.06. The number of benzene rings is 1. The van der Waals surface area contributed by atoms with E-state index in [9.17, 15) is 18.0 Å². The molecule has 1 saturated heterocycles. The van der Waals surface area contributed by atoms with E-state index < -0.39 is 17.7 Å². The third-order valence-corrected chi connectivity index (χ3v) is 3.29. The van der Waals surface area contributed by atoms with E-state index in [1.807, 2.05) is 0 Å². The van der Waals surface area contributed by atoms with Gasteiger partial charge in [0.15, 0.2) is 0 Å². The molecule has 0 saturated carbocycles. The van der Waals surface area contributed by atoms with Crippen LogP contribution in [0.15, 0.2) is 29.3 Å². The molecule has 8 heteroatoms. The van der Waals surface area contributed by atoms with Crippen molar-refractivity contribution in [3.63, 3.8) is 0 Å². The molecule has 0 bridgehead atoms. The summed E-state index contributed by atoms with van der Waals surface area (Å²) in [7, 11) is 0. The predicted molar refractivity (Wildman–Crippen MR) is 67.2 cm³/mol. The number of nitrogens with zero attached hydrogens (tertiary/aromatic N) is 2. The van der Waals surface area contributed by atoms with Gasteiger partial charge in [-0.1, -0.05) is 0 Å². The molecule has 1 aliphatic rings. The average Bonchev–Trinajstić information content (AvgIpc) is 2.92. The van der Waals surface area contributed by atoms with Crippen molar-refractivity contribution in [2.24, 2.45) is 0 Å². The minimum atomic E-state index is -4.80. The zero-order valence-electron chi connectivity index (χ0n) is 10.8. The fourth-order valence-electron chi connectivity index (χ4n) is 2.31. The van der Waals surface area contributed by atoms with Crippen molar-refractivity contribution in [1.29, 1.82) is 0 Å². The minimum absolute atomic E-state index is 0.0890. The van der Waals surface area contributed by atoms with E-state index in [0.29, 0.717) is 25.2 Å². The molecule has 1 aromatic carbocycles. The van der Waals surface area contributed by atoms with E-state index in [0.717, 1.165) is 12.1 Å². The monoisotopic (exact) mass is 300 g/mol. The third kappa shape index (κ3) is 2.85. The molecule has 1 fully saturated rings. The Hall–Kier alpha value is -2.09. The van der Waals surface area contributed by atoms with Crippen LogP contribution in [0, 0.1) is 0 Å². The van der Waals surface area contributed by atoms with Crippen molar-refractivity contribution >= 4 is 10.9 Å². The lowest BCUT2D eigenvalue weighted by molar-refractivity contribution is -0.274. The maximum Gasteiger partial charge on any atom is 0.573 e. The Morgan fingerprint density at radius 1 is 1.38 bits per heavy atom. The summed E-state index contributed by atoms with van der Waals surface area (Å²) >= 11 is 0. The smallest absolute Gasteiger partial charge is 0.406 e. The van der Waals surface area contributed by atoms with Crippen LogP contribution in [-0.2, 0) is 4.74 Å². The predicted octanol–water partition coefficient (Wildman–Crippen LogP) is 2.26. The van der Waals surface area contributed by atoms with Crippen molar-refractivity contribution in [3.05, 3.63) is 34.9 Å². The molecule has 0 unspecified atom stereocenters. The number of ether oxygens (including phenoxy) is 2. The molecule has 1 aliphatic heterocycles. The molecule has 2 heterocycles. The molecule has 21 heavy (non-hydrogen) atoms. The van der Waals surface area contributed by atoms with Crippen LogP contribution in [0.25, 0.3) is 10.9 Å². The summed E-state index contributed by atoms with van der Waals surface area (Å²) in [4.78, 5) is 16.5. The summed E-state index contributed by atoms with van der Waals surface area (Å²) < 4.78 is 47.1. The summed E-state index contributed by atoms with van der Waals surface area (Å²) in [5, 5.41) is 0.0890. The second-order valence-electron chi connectivity index (χ2n) is 4.70. The quantitative estimate of drug-likeness (QED) is 0.853. The van der Waals surface area contributed by atoms with Crippen molar-refractivity contribution < 1.29 is 22.6 Å². The van der Waals surface area contributed by atoms with Crippen LogP contribution in [0.1, 0.15) is 12.5 Å². The number of alkyl halides is 3. The van der Waals surface area contributed by atoms with E-state index in [2.05, 4.69) is 9.72 Å². The SMILES string of the molecule is O=c1c2cc(OC(F)(F)F)ccc2ncn1[C@@H]1CCOC1. The highest BCUT2D eigenvalue weighted by Gasteiger charge is 2.31. The maximum atomic E-state index is 12.4. The molecule has 3 rings (SSSR count). The highest BCUT2D eigenvalue weighted by molar-refractivity contribution is 5.78. The lowest BCUT2D eigenvalue weighted by atomic mass is 10.2. The van der Waals surface area contributed by atoms with Gasteiger partial charge in [-0.05, 0) is 24.6 Å². The molecule has 5 nitrogen and oxygen atoms in total. The molecule has 0 N–H and O–H groups in total. The molecular weight excluding hydrogens is 289 g/mol. The summed E-state index contributed by atoms with van der Waals surface area (Å²) in [5.41, 5.74) is -0.0761. The fourth-order valence-corrected chi connectivity index (χ4v) is 2.31. The number of fused-ring (bicyclic) bond motifs is 1. The first-order valence-corrected chi connectivity index (χ1v) is 6.28. The second kappa shape index (κ2) is 5.03. The second-order valence-corrected chi connectivity index (χ2v) is 4.70. The zero-order chi connectivity index (χ0) is 15.0. The molecule has 112 valence electrons. The molecule has 2 aromatic rings. The van der Waals surface area contributed by atoms with Gasteiger partial charge in [0, 0.05) is 6.61 Å². The van der Waals surface area contributed by atoms with Crippen LogP contribution >= 0.6 is 0 Å². The van der Waals surface area contributed by atoms with Crippen molar-refractivity contribution in [3.8, 4) is 5.75 Å². The van der Waals surface area contributed by atoms with Gasteiger partial charge in [-0.2, -0.15) is 0 Å². The van der Waals surface area contributed by atoms with Crippen LogP contribution in [0.2, 0.25) is 0 Å². The topological polar surface area (TPSA) is 53.3 Å². The Labute approximate surface area is 116 Å². The van der Waals surface area contributed by atoms with Crippen LogP contribution < -0.4 is 10.3 Å². The molecule has 0 aliphatic carbocycles. The van der Waals surface area contributed by atoms with Crippen molar-refractivity contribution in [2.75, 3.05) is 13.2 Å². The van der Waals surface area contributed by atoms with Gasteiger partial charge in [-0.25, -0.2) is 4.98 Å². The lowest BCUT2D eigenvalue weighted by Gasteiger charge is -2.13. The van der Waals surface area contributed by atoms with E-state index in [1.165, 1.54) is 17.0 Å². The number of hydrogen-bond donors (Lipinski definition) is 0. The van der Waals surface area contributed by atoms with Crippen molar-refractivity contribution in [2.45, 2.75) is 18.8 Å². The first-order chi connectivity index (χ1) is 9.94. The first kappa shape index (κ1) is 13.9. The average molecular weight is 300 g/mol. The largest absolute Gasteiger partial charge is 0.573 e. The standard InChI is InChI=1S/C13H11F3N2O3/c14-13(15,16)21-9-1-2-11-10(5-9)12(19)18(7-17-11)8-3-4-20-6-8/h1-2,5,7-8H,3-4,6H2/t8-/m1/s1. The summed E-state index contributed by atoms with van der Waals surface area (Å²) in [6.45, 7) is 0.943. The normalized spacial score (nSPS) is 19.1. The van der Waals surface area contributed by atoms with Crippen LogP contribution in [0.4, 0.5) is 13.2 Å². The Morgan fingerprint density at radius 2 is 2.19 bits per heavy atom. The van der Waals surface area contributed by atoms with Gasteiger partial charge in [0.05, 0.1) is 29.9 Å². The fraction of sp³-hybridized carbons (Fsp3) is 0.385. The minimum Gasteiger partial charge on any atom is -0.406 e. The van der Waals surface area contributed by atoms with Crippen LogP contribution in [0.5, 0.6) is 5.75 Å². The number of aromatic nitrogens is 2. The van der Waals surface area contributed by atoms with Crippen molar-refractivity contribution in [1.82, 2.24) is 9.55 Å². The Morgan fingerprint density at radius 3 is 2.86 bits per heavy atom. The van der Waals surface area contributed by atoms with Gasteiger partial charge in [-0.15, -0.1) is 13.2 Å². The molecule has 0 amide bonds. The van der Waals surface area contributed by atoms with E-state index in [1.54, 1.807) is 0 Å². The van der Waals surface area contributed by atoms with Gasteiger partial charge >= 0.3 is 6.36 Å². The molecule has 1 aromatic heterocycles. The first-order valence-electron chi connectivity index (χ1n) is 6.28. The maximum absolute atomic E-state index is 12.4. The lowest BCUT2D eigenvalue weighted by Crippen LogP contribution is -2.25. The number of halogens is 3. The molecule has 0 spiro atoms. The van der Waals surface area contributed by atoms with Gasteiger partial charge in [0.2, 0.25) is 0 Å². The van der Waals surface area contributed by atoms with E-state index in [-0.39, 0.29) is 11.4 Å². The highest BCUT2D eigenvalue weighted by Crippen LogP contribution is 2.25. The van der Waals surface area contributed by atoms with E-state index >= 15 is 0 Å². The van der Waals surface area contributed by atoms with Crippen LogP contribution in [0.3, 0.4) is 0 Å². The van der Waals surface area contributed by atoms with Gasteiger partial charge < -0.3 is 9.47 Å². The van der Waals surface area contributed by atoms with Gasteiger partial charge in [0.25, 0.3) is 5.56 Å². The Bertz CT molecular complexity index is 721. The summed E-state index contributed by atoms with van der Waals surface area (Å²) in [6.07, 6.45) is -2.73. The van der Waals surface area contributed by atoms with Gasteiger partial charge in [0.1, 0.15) is 5.75 Å². The van der Waals surface area contributed by atoms with E-state index in [4.69, 9.17) is 4.74 Å². The number of hydrogen-bond acceptors (Lipinski definition) is 4. The zero-order valence-corrected chi connectivity index (χ0v) is 10.8. The van der Waals surface area contributed by atoms with Gasteiger partial charge in [-0.3, -0.25) is 9.36 Å².